The third-order valence-electron chi connectivity index (χ3n) is 1.59. The van der Waals surface area contributed by atoms with Crippen molar-refractivity contribution in [1.29, 1.82) is 0 Å². The highest BCUT2D eigenvalue weighted by Gasteiger charge is 2.05. The van der Waals surface area contributed by atoms with Gasteiger partial charge >= 0.3 is 5.97 Å². The number of benzene rings is 1. The van der Waals surface area contributed by atoms with Crippen LogP contribution in [0.2, 0.25) is 0 Å². The Morgan fingerprint density at radius 3 is 2.62 bits per heavy atom. The van der Waals surface area contributed by atoms with Crippen LogP contribution < -0.4 is 0 Å². The maximum atomic E-state index is 10.5. The van der Waals surface area contributed by atoms with Crippen molar-refractivity contribution in [3.8, 4) is 0 Å². The highest BCUT2D eigenvalue weighted by molar-refractivity contribution is 5.87. The molecule has 4 nitrogen and oxygen atoms in total. The predicted molar refractivity (Wildman–Crippen MR) is 45.3 cm³/mol. The summed E-state index contributed by atoms with van der Waals surface area (Å²) in [5.74, 6) is -1.02. The first kappa shape index (κ1) is 9.70. The zero-order chi connectivity index (χ0) is 9.84. The van der Waals surface area contributed by atoms with Crippen molar-refractivity contribution in [3.05, 3.63) is 35.4 Å². The number of hydrogen-bond acceptors (Lipinski definition) is 3. The molecule has 13 heavy (non-hydrogen) atoms. The molecule has 70 valence electrons. The standard InChI is InChI=1S/C9H10O4/c10-8(11)5-6-2-1-3-7(4-6)9(12)13/h1-4,8,10-11H,5H2,(H,12,13). The van der Waals surface area contributed by atoms with Gasteiger partial charge in [0.25, 0.3) is 0 Å². The molecule has 0 saturated carbocycles. The van der Waals surface area contributed by atoms with Crippen LogP contribution in [0.25, 0.3) is 0 Å². The molecule has 0 fully saturated rings. The van der Waals surface area contributed by atoms with Crippen LogP contribution in [0.3, 0.4) is 0 Å². The van der Waals surface area contributed by atoms with Crippen molar-refractivity contribution in [2.45, 2.75) is 12.7 Å². The first-order valence-corrected chi connectivity index (χ1v) is 3.78. The number of aromatic carboxylic acids is 1. The molecule has 1 aromatic rings. The van der Waals surface area contributed by atoms with Gasteiger partial charge in [0.15, 0.2) is 6.29 Å². The second-order valence-electron chi connectivity index (χ2n) is 2.69. The molecule has 3 N–H and O–H groups in total. The summed E-state index contributed by atoms with van der Waals surface area (Å²) in [6, 6.07) is 6.09. The van der Waals surface area contributed by atoms with E-state index in [4.69, 9.17) is 15.3 Å². The van der Waals surface area contributed by atoms with Gasteiger partial charge in [-0.25, -0.2) is 4.79 Å². The van der Waals surface area contributed by atoms with Gasteiger partial charge in [0.1, 0.15) is 0 Å². The van der Waals surface area contributed by atoms with Gasteiger partial charge in [0, 0.05) is 6.42 Å². The van der Waals surface area contributed by atoms with E-state index < -0.39 is 12.3 Å². The summed E-state index contributed by atoms with van der Waals surface area (Å²) in [6.45, 7) is 0. The number of carboxylic acid groups (broad SMARTS) is 1. The van der Waals surface area contributed by atoms with E-state index in [1.54, 1.807) is 12.1 Å². The quantitative estimate of drug-likeness (QED) is 0.585. The largest absolute Gasteiger partial charge is 0.478 e. The Kier molecular flexibility index (Phi) is 3.00. The van der Waals surface area contributed by atoms with E-state index in [1.807, 2.05) is 0 Å². The fraction of sp³-hybridized carbons (Fsp3) is 0.222. The Balaban J connectivity index is 2.85. The summed E-state index contributed by atoms with van der Waals surface area (Å²) in [4.78, 5) is 10.5. The second-order valence-corrected chi connectivity index (χ2v) is 2.69. The van der Waals surface area contributed by atoms with Gasteiger partial charge in [-0.15, -0.1) is 0 Å². The van der Waals surface area contributed by atoms with E-state index in [0.717, 1.165) is 0 Å². The zero-order valence-electron chi connectivity index (χ0n) is 6.84. The lowest BCUT2D eigenvalue weighted by atomic mass is 10.1. The molecule has 0 saturated heterocycles. The van der Waals surface area contributed by atoms with E-state index in [-0.39, 0.29) is 12.0 Å². The number of aliphatic hydroxyl groups excluding tert-OH is 1. The molecular formula is C9H10O4. The van der Waals surface area contributed by atoms with Crippen LogP contribution >= 0.6 is 0 Å². The molecule has 4 heteroatoms. The van der Waals surface area contributed by atoms with Crippen LogP contribution in [0.5, 0.6) is 0 Å². The number of aliphatic hydroxyl groups is 2. The Morgan fingerprint density at radius 1 is 1.38 bits per heavy atom. The molecule has 0 atom stereocenters. The van der Waals surface area contributed by atoms with Crippen LogP contribution in [0.4, 0.5) is 0 Å². The topological polar surface area (TPSA) is 77.8 Å². The normalized spacial score (nSPS) is 10.4. The summed E-state index contributed by atoms with van der Waals surface area (Å²) >= 11 is 0. The summed E-state index contributed by atoms with van der Waals surface area (Å²) in [5.41, 5.74) is 0.744. The average Bonchev–Trinajstić information content (AvgIpc) is 2.03. The maximum Gasteiger partial charge on any atom is 0.335 e. The number of rotatable bonds is 3. The van der Waals surface area contributed by atoms with Gasteiger partial charge < -0.3 is 15.3 Å². The van der Waals surface area contributed by atoms with Crippen LogP contribution in [-0.4, -0.2) is 27.6 Å². The summed E-state index contributed by atoms with van der Waals surface area (Å²) in [6.07, 6.45) is -1.40. The molecule has 0 aliphatic heterocycles. The average molecular weight is 182 g/mol. The molecule has 0 radical (unpaired) electrons. The van der Waals surface area contributed by atoms with Crippen molar-refractivity contribution >= 4 is 5.97 Å². The number of hydrogen-bond donors (Lipinski definition) is 3. The lowest BCUT2D eigenvalue weighted by Crippen LogP contribution is -2.08. The molecule has 1 aromatic carbocycles. The first-order chi connectivity index (χ1) is 6.09. The zero-order valence-corrected chi connectivity index (χ0v) is 6.84. The third-order valence-corrected chi connectivity index (χ3v) is 1.59. The molecule has 0 aliphatic rings. The van der Waals surface area contributed by atoms with Crippen LogP contribution in [0.1, 0.15) is 15.9 Å². The van der Waals surface area contributed by atoms with Crippen molar-refractivity contribution in [2.75, 3.05) is 0 Å². The molecule has 0 bridgehead atoms. The molecule has 1 rings (SSSR count). The van der Waals surface area contributed by atoms with Gasteiger partial charge in [-0.3, -0.25) is 0 Å². The Labute approximate surface area is 75.1 Å². The summed E-state index contributed by atoms with van der Waals surface area (Å²) in [5, 5.41) is 25.9. The first-order valence-electron chi connectivity index (χ1n) is 3.78. The Bertz CT molecular complexity index is 306. The van der Waals surface area contributed by atoms with E-state index in [9.17, 15) is 4.79 Å². The second kappa shape index (κ2) is 4.02. The highest BCUT2D eigenvalue weighted by Crippen LogP contribution is 2.06. The number of carboxylic acids is 1. The third kappa shape index (κ3) is 2.85. The molecule has 0 aliphatic carbocycles. The molecule has 0 heterocycles. The lowest BCUT2D eigenvalue weighted by Gasteiger charge is -2.03. The van der Waals surface area contributed by atoms with E-state index in [1.165, 1.54) is 12.1 Å². The smallest absolute Gasteiger partial charge is 0.335 e. The van der Waals surface area contributed by atoms with Gasteiger partial charge in [-0.2, -0.15) is 0 Å². The highest BCUT2D eigenvalue weighted by atomic mass is 16.5. The molecule has 0 amide bonds. The van der Waals surface area contributed by atoms with E-state index >= 15 is 0 Å². The predicted octanol–water partition coefficient (Wildman–Crippen LogP) is 0.238. The minimum absolute atomic E-state index is 0.0428. The van der Waals surface area contributed by atoms with Crippen molar-refractivity contribution in [3.63, 3.8) is 0 Å². The fourth-order valence-electron chi connectivity index (χ4n) is 1.04. The molecule has 0 unspecified atom stereocenters. The van der Waals surface area contributed by atoms with Gasteiger partial charge in [0.2, 0.25) is 0 Å². The van der Waals surface area contributed by atoms with Crippen molar-refractivity contribution < 1.29 is 20.1 Å². The lowest BCUT2D eigenvalue weighted by molar-refractivity contribution is -0.0381. The molecule has 0 aromatic heterocycles. The minimum Gasteiger partial charge on any atom is -0.478 e. The van der Waals surface area contributed by atoms with Crippen molar-refractivity contribution in [1.82, 2.24) is 0 Å². The SMILES string of the molecule is O=C(O)c1cccc(CC(O)O)c1. The number of carbonyl (C=O) groups is 1. The van der Waals surface area contributed by atoms with Gasteiger partial charge in [-0.05, 0) is 17.7 Å². The van der Waals surface area contributed by atoms with Crippen LogP contribution in [-0.2, 0) is 6.42 Å². The van der Waals surface area contributed by atoms with Crippen LogP contribution in [0.15, 0.2) is 24.3 Å². The summed E-state index contributed by atoms with van der Waals surface area (Å²) in [7, 11) is 0. The Morgan fingerprint density at radius 2 is 2.08 bits per heavy atom. The Hall–Kier alpha value is -1.39. The molecule has 0 spiro atoms. The van der Waals surface area contributed by atoms with Crippen molar-refractivity contribution in [2.24, 2.45) is 0 Å². The van der Waals surface area contributed by atoms with E-state index in [2.05, 4.69) is 0 Å². The summed E-state index contributed by atoms with van der Waals surface area (Å²) < 4.78 is 0. The van der Waals surface area contributed by atoms with Gasteiger partial charge in [0.05, 0.1) is 5.56 Å². The van der Waals surface area contributed by atoms with E-state index in [0.29, 0.717) is 5.56 Å². The maximum absolute atomic E-state index is 10.5. The monoisotopic (exact) mass is 182 g/mol. The fourth-order valence-corrected chi connectivity index (χ4v) is 1.04. The van der Waals surface area contributed by atoms with Crippen LogP contribution in [0, 0.1) is 0 Å². The minimum atomic E-state index is -1.44. The van der Waals surface area contributed by atoms with Gasteiger partial charge in [-0.1, -0.05) is 12.1 Å². The molecular weight excluding hydrogens is 172 g/mol.